The Morgan fingerprint density at radius 3 is 1.33 bits per heavy atom. The van der Waals surface area contributed by atoms with E-state index in [4.69, 9.17) is 0 Å². The van der Waals surface area contributed by atoms with Gasteiger partial charge >= 0.3 is 38.5 Å². The van der Waals surface area contributed by atoms with E-state index in [0.29, 0.717) is 0 Å². The molecule has 2 rings (SSSR count). The first-order valence-electron chi connectivity index (χ1n) is 8.44. The normalized spacial score (nSPS) is 14.3. The van der Waals surface area contributed by atoms with Crippen LogP contribution in [0, 0.1) is 12.2 Å². The molecule has 0 bridgehead atoms. The molecule has 0 nitrogen and oxygen atoms in total. The first-order chi connectivity index (χ1) is 10.4. The first kappa shape index (κ1) is 29.2. The van der Waals surface area contributed by atoms with E-state index in [-0.39, 0.29) is 31.0 Å². The zero-order valence-corrected chi connectivity index (χ0v) is 20.2. The van der Waals surface area contributed by atoms with Crippen LogP contribution in [0.15, 0.2) is 34.4 Å². The topological polar surface area (TPSA) is 0 Å². The second kappa shape index (κ2) is 18.3. The molecule has 0 unspecified atom stereocenters. The Balaban J connectivity index is -0.000000283. The van der Waals surface area contributed by atoms with E-state index >= 15 is 0 Å². The van der Waals surface area contributed by atoms with Crippen molar-refractivity contribution >= 4 is 6.19 Å². The number of halogens is 2. The minimum Gasteiger partial charge on any atom is -1.00 e. The van der Waals surface area contributed by atoms with Crippen LogP contribution in [0.4, 0.5) is 0 Å². The fraction of sp³-hybridized carbons (Fsp3) is 0.600. The van der Waals surface area contributed by atoms with Crippen LogP contribution < -0.4 is 24.8 Å². The molecule has 0 aromatic carbocycles. The molecule has 4 heteroatoms. The van der Waals surface area contributed by atoms with Crippen molar-refractivity contribution in [1.82, 2.24) is 0 Å². The molecule has 2 aliphatic carbocycles. The Labute approximate surface area is 175 Å². The molecule has 0 fully saturated rings. The zero-order chi connectivity index (χ0) is 17.0. The summed E-state index contributed by atoms with van der Waals surface area (Å²) in [4.78, 5) is 0. The second-order valence-corrected chi connectivity index (χ2v) is 12.9. The van der Waals surface area contributed by atoms with Crippen molar-refractivity contribution in [2.45, 2.75) is 79.3 Å². The van der Waals surface area contributed by atoms with Gasteiger partial charge in [0.15, 0.2) is 0 Å². The third-order valence-electron chi connectivity index (χ3n) is 3.17. The van der Waals surface area contributed by atoms with Crippen LogP contribution in [-0.4, -0.2) is 6.19 Å². The van der Waals surface area contributed by atoms with E-state index in [0.717, 1.165) is 12.8 Å². The summed E-state index contributed by atoms with van der Waals surface area (Å²) in [6, 6.07) is 0. The quantitative estimate of drug-likeness (QED) is 0.461. The third-order valence-corrected chi connectivity index (χ3v) is 3.17. The van der Waals surface area contributed by atoms with Crippen molar-refractivity contribution in [1.29, 1.82) is 0 Å². The Morgan fingerprint density at radius 1 is 0.875 bits per heavy atom. The van der Waals surface area contributed by atoms with E-state index in [1.54, 1.807) is 11.1 Å². The van der Waals surface area contributed by atoms with Crippen LogP contribution in [0.5, 0.6) is 0 Å². The summed E-state index contributed by atoms with van der Waals surface area (Å²) in [6.45, 7) is 13.2. The van der Waals surface area contributed by atoms with Gasteiger partial charge in [-0.2, -0.15) is 11.1 Å². The molecule has 2 aliphatic rings. The summed E-state index contributed by atoms with van der Waals surface area (Å²) in [6.07, 6.45) is 18.4. The van der Waals surface area contributed by atoms with Crippen LogP contribution in [0.25, 0.3) is 0 Å². The van der Waals surface area contributed by atoms with E-state index in [9.17, 15) is 0 Å². The molecule has 0 amide bonds. The summed E-state index contributed by atoms with van der Waals surface area (Å²) < 4.78 is 0. The van der Waals surface area contributed by atoms with E-state index in [2.05, 4.69) is 84.3 Å². The molecule has 0 saturated carbocycles. The zero-order valence-electron chi connectivity index (χ0n) is 16.2. The molecule has 136 valence electrons. The monoisotopic (exact) mass is 418 g/mol. The second-order valence-electron chi connectivity index (χ2n) is 6.18. The van der Waals surface area contributed by atoms with Crippen LogP contribution >= 0.6 is 0 Å². The molecule has 0 atom stereocenters. The smallest absolute Gasteiger partial charge is 1.00 e. The maximum atomic E-state index is 3.28. The summed E-state index contributed by atoms with van der Waals surface area (Å²) in [5.41, 5.74) is 5.74. The van der Waals surface area contributed by atoms with E-state index < -0.39 is 0 Å². The Kier molecular flexibility index (Phi) is 22.3. The number of hydrogen-bond donors (Lipinski definition) is 0. The molecule has 0 saturated heterocycles. The predicted molar refractivity (Wildman–Crippen MR) is 97.6 cm³/mol. The van der Waals surface area contributed by atoms with Crippen molar-refractivity contribution in [3.05, 3.63) is 46.6 Å². The van der Waals surface area contributed by atoms with Crippen molar-refractivity contribution in [3.8, 4) is 0 Å². The van der Waals surface area contributed by atoms with Crippen molar-refractivity contribution in [3.63, 3.8) is 0 Å². The van der Waals surface area contributed by atoms with Crippen LogP contribution in [0.3, 0.4) is 0 Å². The van der Waals surface area contributed by atoms with Crippen molar-refractivity contribution in [2.24, 2.45) is 0 Å². The number of hydrogen-bond acceptors (Lipinski definition) is 0. The summed E-state index contributed by atoms with van der Waals surface area (Å²) in [5, 5.41) is 0. The van der Waals surface area contributed by atoms with Gasteiger partial charge in [0.05, 0.1) is 0 Å². The predicted octanol–water partition coefficient (Wildman–Crippen LogP) is 0.524. The summed E-state index contributed by atoms with van der Waals surface area (Å²) in [7, 11) is 0. The average molecular weight is 419 g/mol. The molecule has 0 aliphatic heterocycles. The Hall–Kier alpha value is 0.471. The van der Waals surface area contributed by atoms with Gasteiger partial charge in [0.2, 0.25) is 0 Å². The first-order valence-corrected chi connectivity index (χ1v) is 13.3. The SMILES string of the molecule is CCCC1=CC(C)=[C-]C1.CCCC1=CC(C)=[C-]C1.C[Si](C)=[Ti+2].[Cl-].[Cl-]. The van der Waals surface area contributed by atoms with Gasteiger partial charge in [0.25, 0.3) is 0 Å². The standard InChI is InChI=1S/2C9H13.C2H6Si.2ClH.Ti/c2*1-3-4-9-6-5-8(2)7-9;1-3-2;;;/h2*7H,3-4,6H2,1-2H3;1-2H3;2*1H;/q2*-1;;;;+2/p-2. The van der Waals surface area contributed by atoms with Crippen LogP contribution in [0.2, 0.25) is 13.1 Å². The molecule has 0 aromatic rings. The van der Waals surface area contributed by atoms with Gasteiger partial charge in [-0.05, 0) is 12.8 Å². The summed E-state index contributed by atoms with van der Waals surface area (Å²) >= 11 is 2.27. The molecule has 0 spiro atoms. The maximum Gasteiger partial charge on any atom is -1.00 e. The average Bonchev–Trinajstić information content (AvgIpc) is 3.00. The number of allylic oxidation sites excluding steroid dienone is 8. The van der Waals surface area contributed by atoms with Crippen LogP contribution in [-0.2, 0) is 19.2 Å². The van der Waals surface area contributed by atoms with Gasteiger partial charge in [-0.1, -0.05) is 40.5 Å². The fourth-order valence-corrected chi connectivity index (χ4v) is 2.29. The van der Waals surface area contributed by atoms with Gasteiger partial charge in [-0.15, -0.1) is 12.8 Å². The molecule has 0 radical (unpaired) electrons. The third kappa shape index (κ3) is 17.3. The fourth-order valence-electron chi connectivity index (χ4n) is 2.29. The van der Waals surface area contributed by atoms with E-state index in [1.165, 1.54) is 36.8 Å². The Morgan fingerprint density at radius 2 is 1.17 bits per heavy atom. The van der Waals surface area contributed by atoms with Crippen molar-refractivity contribution in [2.75, 3.05) is 0 Å². The van der Waals surface area contributed by atoms with Gasteiger partial charge < -0.3 is 24.8 Å². The molecule has 0 N–H and O–H groups in total. The van der Waals surface area contributed by atoms with Gasteiger partial charge in [-0.25, -0.2) is 23.3 Å². The minimum atomic E-state index is 0. The minimum absolute atomic E-state index is 0. The molecule has 24 heavy (non-hydrogen) atoms. The van der Waals surface area contributed by atoms with Gasteiger partial charge in [-0.3, -0.25) is 12.2 Å². The van der Waals surface area contributed by atoms with Crippen molar-refractivity contribution < 1.29 is 44.0 Å². The van der Waals surface area contributed by atoms with Gasteiger partial charge in [0.1, 0.15) is 0 Å². The molecular formula is C20H32Cl2SiTi-2. The Bertz CT molecular complexity index is 432. The van der Waals surface area contributed by atoms with Crippen LogP contribution in [0.1, 0.15) is 66.2 Å². The number of rotatable bonds is 4. The maximum absolute atomic E-state index is 3.28. The molecular weight excluding hydrogens is 387 g/mol. The molecule has 0 aromatic heterocycles. The largest absolute Gasteiger partial charge is 1.00 e. The van der Waals surface area contributed by atoms with Gasteiger partial charge in [0, 0.05) is 0 Å². The van der Waals surface area contributed by atoms with E-state index in [1.807, 2.05) is 0 Å². The molecule has 0 heterocycles. The summed E-state index contributed by atoms with van der Waals surface area (Å²) in [5.74, 6) is 0.